The maximum atomic E-state index is 5.71. The van der Waals surface area contributed by atoms with E-state index in [2.05, 4.69) is 26.0 Å². The molecule has 1 aliphatic carbocycles. The number of nitrogens with two attached hydrogens (primary N) is 1. The Labute approximate surface area is 92.7 Å². The number of benzene rings is 1. The third kappa shape index (κ3) is 2.53. The smallest absolute Gasteiger partial charge is 0.0314 e. The fraction of sp³-hybridized carbons (Fsp3) is 0.571. The lowest BCUT2D eigenvalue weighted by Crippen LogP contribution is -2.18. The van der Waals surface area contributed by atoms with Crippen molar-refractivity contribution in [2.24, 2.45) is 11.8 Å². The zero-order valence-electron chi connectivity index (χ0n) is 9.74. The first kappa shape index (κ1) is 10.5. The van der Waals surface area contributed by atoms with E-state index in [0.29, 0.717) is 0 Å². The molecule has 0 heterocycles. The maximum Gasteiger partial charge on any atom is 0.0314 e. The summed E-state index contributed by atoms with van der Waals surface area (Å²) in [6.07, 6.45) is 4.08. The fourth-order valence-corrected chi connectivity index (χ4v) is 2.99. The molecular formula is C14H21N. The second kappa shape index (κ2) is 4.26. The van der Waals surface area contributed by atoms with Crippen molar-refractivity contribution in [2.75, 3.05) is 5.73 Å². The molecule has 1 aromatic rings. The van der Waals surface area contributed by atoms with Crippen molar-refractivity contribution in [1.82, 2.24) is 0 Å². The SMILES string of the molecule is C[C@@H]1CC(c2ccc(N)cc2)C[C@H](C)C1. The van der Waals surface area contributed by atoms with Gasteiger partial charge in [0.1, 0.15) is 0 Å². The molecule has 0 radical (unpaired) electrons. The zero-order valence-corrected chi connectivity index (χ0v) is 9.74. The van der Waals surface area contributed by atoms with Crippen molar-refractivity contribution >= 4 is 5.69 Å². The molecule has 1 nitrogen and oxygen atoms in total. The minimum absolute atomic E-state index is 0.754. The normalized spacial score (nSPS) is 31.5. The molecule has 1 fully saturated rings. The van der Waals surface area contributed by atoms with E-state index in [-0.39, 0.29) is 0 Å². The molecule has 0 bridgehead atoms. The van der Waals surface area contributed by atoms with Crippen molar-refractivity contribution in [1.29, 1.82) is 0 Å². The third-order valence-corrected chi connectivity index (χ3v) is 3.59. The van der Waals surface area contributed by atoms with Crippen LogP contribution in [0.15, 0.2) is 24.3 Å². The van der Waals surface area contributed by atoms with Crippen LogP contribution in [0, 0.1) is 11.8 Å². The summed E-state index contributed by atoms with van der Waals surface area (Å²) in [5.74, 6) is 2.50. The summed E-state index contributed by atoms with van der Waals surface area (Å²) in [5.41, 5.74) is 8.06. The van der Waals surface area contributed by atoms with Gasteiger partial charge in [-0.05, 0) is 54.7 Å². The van der Waals surface area contributed by atoms with Crippen LogP contribution in [0.4, 0.5) is 5.69 Å². The van der Waals surface area contributed by atoms with Crippen molar-refractivity contribution < 1.29 is 0 Å². The van der Waals surface area contributed by atoms with Crippen molar-refractivity contribution in [3.63, 3.8) is 0 Å². The molecule has 0 spiro atoms. The van der Waals surface area contributed by atoms with E-state index in [9.17, 15) is 0 Å². The minimum atomic E-state index is 0.754. The summed E-state index contributed by atoms with van der Waals surface area (Å²) < 4.78 is 0. The van der Waals surface area contributed by atoms with Gasteiger partial charge in [0, 0.05) is 5.69 Å². The molecule has 2 rings (SSSR count). The first-order valence-electron chi connectivity index (χ1n) is 6.00. The van der Waals surface area contributed by atoms with Crippen molar-refractivity contribution in [3.05, 3.63) is 29.8 Å². The first-order chi connectivity index (χ1) is 7.15. The van der Waals surface area contributed by atoms with Crippen LogP contribution in [-0.2, 0) is 0 Å². The Hall–Kier alpha value is -0.980. The van der Waals surface area contributed by atoms with Gasteiger partial charge in [0.25, 0.3) is 0 Å². The minimum Gasteiger partial charge on any atom is -0.399 e. The van der Waals surface area contributed by atoms with E-state index in [1.165, 1.54) is 24.8 Å². The largest absolute Gasteiger partial charge is 0.399 e. The third-order valence-electron chi connectivity index (χ3n) is 3.59. The average molecular weight is 203 g/mol. The van der Waals surface area contributed by atoms with Crippen LogP contribution in [0.2, 0.25) is 0 Å². The van der Waals surface area contributed by atoms with Gasteiger partial charge in [-0.25, -0.2) is 0 Å². The lowest BCUT2D eigenvalue weighted by molar-refractivity contribution is 0.268. The van der Waals surface area contributed by atoms with Crippen LogP contribution in [0.3, 0.4) is 0 Å². The van der Waals surface area contributed by atoms with Gasteiger partial charge in [-0.3, -0.25) is 0 Å². The summed E-state index contributed by atoms with van der Waals surface area (Å²) >= 11 is 0. The van der Waals surface area contributed by atoms with E-state index in [1.54, 1.807) is 0 Å². The van der Waals surface area contributed by atoms with Gasteiger partial charge < -0.3 is 5.73 Å². The Balaban J connectivity index is 2.12. The standard InChI is InChI=1S/C14H21N/c1-10-7-11(2)9-13(8-10)12-3-5-14(15)6-4-12/h3-6,10-11,13H,7-9,15H2,1-2H3/t10-,11+,13?. The summed E-state index contributed by atoms with van der Waals surface area (Å²) in [4.78, 5) is 0. The monoisotopic (exact) mass is 203 g/mol. The van der Waals surface area contributed by atoms with Crippen LogP contribution in [0.1, 0.15) is 44.6 Å². The molecule has 1 heteroatoms. The molecule has 1 saturated carbocycles. The average Bonchev–Trinajstić information content (AvgIpc) is 2.17. The van der Waals surface area contributed by atoms with E-state index in [4.69, 9.17) is 5.73 Å². The maximum absolute atomic E-state index is 5.71. The molecule has 82 valence electrons. The van der Waals surface area contributed by atoms with Gasteiger partial charge >= 0.3 is 0 Å². The van der Waals surface area contributed by atoms with Gasteiger partial charge in [-0.1, -0.05) is 26.0 Å². The van der Waals surface area contributed by atoms with Crippen molar-refractivity contribution in [3.8, 4) is 0 Å². The predicted octanol–water partition coefficient (Wildman–Crippen LogP) is 3.81. The molecule has 2 N–H and O–H groups in total. The molecule has 0 aliphatic heterocycles. The molecule has 3 atom stereocenters. The van der Waals surface area contributed by atoms with Crippen LogP contribution in [0.5, 0.6) is 0 Å². The molecule has 0 saturated heterocycles. The summed E-state index contributed by atoms with van der Waals surface area (Å²) in [6, 6.07) is 8.45. The van der Waals surface area contributed by atoms with Gasteiger partial charge in [0.15, 0.2) is 0 Å². The van der Waals surface area contributed by atoms with Crippen LogP contribution in [-0.4, -0.2) is 0 Å². The molecule has 1 unspecified atom stereocenters. The van der Waals surface area contributed by atoms with Gasteiger partial charge in [-0.2, -0.15) is 0 Å². The number of hydrogen-bond donors (Lipinski definition) is 1. The Morgan fingerprint density at radius 2 is 1.47 bits per heavy atom. The molecule has 0 aromatic heterocycles. The molecule has 15 heavy (non-hydrogen) atoms. The number of anilines is 1. The molecular weight excluding hydrogens is 182 g/mol. The zero-order chi connectivity index (χ0) is 10.8. The number of nitrogen functional groups attached to an aromatic ring is 1. The quantitative estimate of drug-likeness (QED) is 0.690. The number of hydrogen-bond acceptors (Lipinski definition) is 1. The molecule has 0 amide bonds. The van der Waals surface area contributed by atoms with E-state index in [0.717, 1.165) is 23.4 Å². The topological polar surface area (TPSA) is 26.0 Å². The van der Waals surface area contributed by atoms with Crippen LogP contribution in [0.25, 0.3) is 0 Å². The Bertz CT molecular complexity index is 305. The van der Waals surface area contributed by atoms with Gasteiger partial charge in [0.05, 0.1) is 0 Å². The fourth-order valence-electron chi connectivity index (χ4n) is 2.99. The van der Waals surface area contributed by atoms with Gasteiger partial charge in [0.2, 0.25) is 0 Å². The predicted molar refractivity (Wildman–Crippen MR) is 65.8 cm³/mol. The van der Waals surface area contributed by atoms with Gasteiger partial charge in [-0.15, -0.1) is 0 Å². The highest BCUT2D eigenvalue weighted by atomic mass is 14.5. The Morgan fingerprint density at radius 1 is 0.933 bits per heavy atom. The van der Waals surface area contributed by atoms with Crippen LogP contribution < -0.4 is 5.73 Å². The molecule has 1 aliphatic rings. The summed E-state index contributed by atoms with van der Waals surface area (Å²) in [5, 5.41) is 0. The lowest BCUT2D eigenvalue weighted by atomic mass is 9.74. The summed E-state index contributed by atoms with van der Waals surface area (Å²) in [6.45, 7) is 4.75. The Kier molecular flexibility index (Phi) is 2.99. The van der Waals surface area contributed by atoms with E-state index >= 15 is 0 Å². The highest BCUT2D eigenvalue weighted by Gasteiger charge is 2.24. The summed E-state index contributed by atoms with van der Waals surface area (Å²) in [7, 11) is 0. The molecule has 1 aromatic carbocycles. The lowest BCUT2D eigenvalue weighted by Gasteiger charge is -2.31. The first-order valence-corrected chi connectivity index (χ1v) is 6.00. The second-order valence-corrected chi connectivity index (χ2v) is 5.28. The number of rotatable bonds is 1. The second-order valence-electron chi connectivity index (χ2n) is 5.28. The Morgan fingerprint density at radius 3 is 2.00 bits per heavy atom. The van der Waals surface area contributed by atoms with Crippen LogP contribution >= 0.6 is 0 Å². The van der Waals surface area contributed by atoms with E-state index < -0.39 is 0 Å². The highest BCUT2D eigenvalue weighted by Crippen LogP contribution is 2.39. The van der Waals surface area contributed by atoms with Crippen molar-refractivity contribution in [2.45, 2.75) is 39.0 Å². The highest BCUT2D eigenvalue weighted by molar-refractivity contribution is 5.40. The van der Waals surface area contributed by atoms with E-state index in [1.807, 2.05) is 12.1 Å².